The van der Waals surface area contributed by atoms with Gasteiger partial charge in [0.05, 0.1) is 13.2 Å². The Kier molecular flexibility index (Phi) is 4.42. The van der Waals surface area contributed by atoms with Crippen LogP contribution in [-0.2, 0) is 6.61 Å². The van der Waals surface area contributed by atoms with E-state index < -0.39 is 6.10 Å². The van der Waals surface area contributed by atoms with Crippen LogP contribution >= 0.6 is 0 Å². The van der Waals surface area contributed by atoms with Crippen LogP contribution in [0, 0.1) is 0 Å². The highest BCUT2D eigenvalue weighted by atomic mass is 16.5. The molecule has 0 saturated carbocycles. The Morgan fingerprint density at radius 3 is 2.32 bits per heavy atom. The highest BCUT2D eigenvalue weighted by molar-refractivity contribution is 5.36. The van der Waals surface area contributed by atoms with Gasteiger partial charge in [-0.25, -0.2) is 0 Å². The SMILES string of the molecule is COc1ccccc1COc1ccccc1C(C)O. The Bertz CT molecular complexity index is 535. The highest BCUT2D eigenvalue weighted by Crippen LogP contribution is 2.26. The Morgan fingerprint density at radius 2 is 1.63 bits per heavy atom. The molecule has 2 aromatic rings. The third-order valence-electron chi connectivity index (χ3n) is 2.94. The lowest BCUT2D eigenvalue weighted by Crippen LogP contribution is -2.02. The Labute approximate surface area is 113 Å². The second kappa shape index (κ2) is 6.25. The molecule has 3 heteroatoms. The highest BCUT2D eigenvalue weighted by Gasteiger charge is 2.09. The minimum absolute atomic E-state index is 0.410. The Balaban J connectivity index is 2.15. The fourth-order valence-electron chi connectivity index (χ4n) is 1.93. The average molecular weight is 258 g/mol. The zero-order valence-corrected chi connectivity index (χ0v) is 11.2. The summed E-state index contributed by atoms with van der Waals surface area (Å²) in [7, 11) is 1.64. The summed E-state index contributed by atoms with van der Waals surface area (Å²) in [5.74, 6) is 1.50. The number of benzene rings is 2. The van der Waals surface area contributed by atoms with Gasteiger partial charge in [-0.3, -0.25) is 0 Å². The van der Waals surface area contributed by atoms with E-state index in [0.717, 1.165) is 16.9 Å². The van der Waals surface area contributed by atoms with E-state index in [2.05, 4.69) is 0 Å². The number of ether oxygens (including phenoxy) is 2. The van der Waals surface area contributed by atoms with Crippen LogP contribution in [0.1, 0.15) is 24.2 Å². The maximum absolute atomic E-state index is 9.70. The van der Waals surface area contributed by atoms with Crippen molar-refractivity contribution in [2.24, 2.45) is 0 Å². The van der Waals surface area contributed by atoms with Gasteiger partial charge in [-0.15, -0.1) is 0 Å². The second-order valence-corrected chi connectivity index (χ2v) is 4.31. The molecule has 0 aliphatic carbocycles. The summed E-state index contributed by atoms with van der Waals surface area (Å²) in [6.07, 6.45) is -0.547. The molecule has 0 bridgehead atoms. The van der Waals surface area contributed by atoms with E-state index in [1.165, 1.54) is 0 Å². The maximum Gasteiger partial charge on any atom is 0.125 e. The first-order valence-corrected chi connectivity index (χ1v) is 6.24. The van der Waals surface area contributed by atoms with Crippen LogP contribution in [0.25, 0.3) is 0 Å². The van der Waals surface area contributed by atoms with E-state index >= 15 is 0 Å². The minimum Gasteiger partial charge on any atom is -0.496 e. The van der Waals surface area contributed by atoms with Crippen LogP contribution in [-0.4, -0.2) is 12.2 Å². The largest absolute Gasteiger partial charge is 0.496 e. The number of hydrogen-bond donors (Lipinski definition) is 1. The number of rotatable bonds is 5. The summed E-state index contributed by atoms with van der Waals surface area (Å²) < 4.78 is 11.1. The zero-order chi connectivity index (χ0) is 13.7. The van der Waals surface area contributed by atoms with Gasteiger partial charge in [0.25, 0.3) is 0 Å². The van der Waals surface area contributed by atoms with Crippen molar-refractivity contribution in [2.45, 2.75) is 19.6 Å². The zero-order valence-electron chi connectivity index (χ0n) is 11.2. The molecule has 0 saturated heterocycles. The van der Waals surface area contributed by atoms with Gasteiger partial charge in [0.1, 0.15) is 18.1 Å². The van der Waals surface area contributed by atoms with Crippen LogP contribution in [0.3, 0.4) is 0 Å². The molecule has 0 spiro atoms. The van der Waals surface area contributed by atoms with Gasteiger partial charge in [-0.1, -0.05) is 36.4 Å². The molecule has 0 aliphatic heterocycles. The molecule has 0 aliphatic rings. The minimum atomic E-state index is -0.547. The second-order valence-electron chi connectivity index (χ2n) is 4.31. The van der Waals surface area contributed by atoms with Gasteiger partial charge in [0, 0.05) is 11.1 Å². The summed E-state index contributed by atoms with van der Waals surface area (Å²) >= 11 is 0. The van der Waals surface area contributed by atoms with E-state index in [0.29, 0.717) is 12.4 Å². The van der Waals surface area contributed by atoms with Gasteiger partial charge in [0.2, 0.25) is 0 Å². The quantitative estimate of drug-likeness (QED) is 0.894. The molecule has 1 atom stereocenters. The predicted molar refractivity (Wildman–Crippen MR) is 74.4 cm³/mol. The van der Waals surface area contributed by atoms with E-state index in [4.69, 9.17) is 9.47 Å². The first-order chi connectivity index (χ1) is 9.22. The van der Waals surface area contributed by atoms with E-state index in [-0.39, 0.29) is 0 Å². The van der Waals surface area contributed by atoms with E-state index in [9.17, 15) is 5.11 Å². The third kappa shape index (κ3) is 3.26. The van der Waals surface area contributed by atoms with Crippen molar-refractivity contribution in [1.29, 1.82) is 0 Å². The summed E-state index contributed by atoms with van der Waals surface area (Å²) in [4.78, 5) is 0. The molecule has 1 unspecified atom stereocenters. The van der Waals surface area contributed by atoms with Gasteiger partial charge in [0.15, 0.2) is 0 Å². The molecule has 0 fully saturated rings. The number of methoxy groups -OCH3 is 1. The van der Waals surface area contributed by atoms with Gasteiger partial charge < -0.3 is 14.6 Å². The average Bonchev–Trinajstić information content (AvgIpc) is 2.45. The molecule has 2 rings (SSSR count). The van der Waals surface area contributed by atoms with Crippen molar-refractivity contribution in [3.63, 3.8) is 0 Å². The van der Waals surface area contributed by atoms with E-state index in [1.807, 2.05) is 48.5 Å². The van der Waals surface area contributed by atoms with Crippen molar-refractivity contribution in [1.82, 2.24) is 0 Å². The lowest BCUT2D eigenvalue weighted by molar-refractivity contribution is 0.190. The molecular formula is C16H18O3. The summed E-state index contributed by atoms with van der Waals surface area (Å²) in [5, 5.41) is 9.70. The first-order valence-electron chi connectivity index (χ1n) is 6.24. The van der Waals surface area contributed by atoms with Crippen molar-refractivity contribution in [3.8, 4) is 11.5 Å². The molecular weight excluding hydrogens is 240 g/mol. The monoisotopic (exact) mass is 258 g/mol. The predicted octanol–water partition coefficient (Wildman–Crippen LogP) is 3.33. The number of aliphatic hydroxyl groups excluding tert-OH is 1. The Hall–Kier alpha value is -2.00. The lowest BCUT2D eigenvalue weighted by atomic mass is 10.1. The molecule has 2 aromatic carbocycles. The molecule has 0 heterocycles. The number of para-hydroxylation sites is 2. The first kappa shape index (κ1) is 13.4. The van der Waals surface area contributed by atoms with Crippen LogP contribution in [0.4, 0.5) is 0 Å². The van der Waals surface area contributed by atoms with Gasteiger partial charge >= 0.3 is 0 Å². The lowest BCUT2D eigenvalue weighted by Gasteiger charge is -2.14. The molecule has 3 nitrogen and oxygen atoms in total. The van der Waals surface area contributed by atoms with E-state index in [1.54, 1.807) is 14.0 Å². The third-order valence-corrected chi connectivity index (χ3v) is 2.94. The van der Waals surface area contributed by atoms with Gasteiger partial charge in [-0.05, 0) is 19.1 Å². The summed E-state index contributed by atoms with van der Waals surface area (Å²) in [5.41, 5.74) is 1.77. The molecule has 0 amide bonds. The van der Waals surface area contributed by atoms with Crippen LogP contribution < -0.4 is 9.47 Å². The molecule has 100 valence electrons. The molecule has 0 aromatic heterocycles. The van der Waals surface area contributed by atoms with Crippen molar-refractivity contribution < 1.29 is 14.6 Å². The number of aliphatic hydroxyl groups is 1. The smallest absolute Gasteiger partial charge is 0.125 e. The van der Waals surface area contributed by atoms with Crippen LogP contribution in [0.2, 0.25) is 0 Å². The maximum atomic E-state index is 9.70. The summed E-state index contributed by atoms with van der Waals surface area (Å²) in [6, 6.07) is 15.2. The summed E-state index contributed by atoms with van der Waals surface area (Å²) in [6.45, 7) is 2.14. The van der Waals surface area contributed by atoms with Gasteiger partial charge in [-0.2, -0.15) is 0 Å². The normalized spacial score (nSPS) is 11.9. The molecule has 0 radical (unpaired) electrons. The van der Waals surface area contributed by atoms with Crippen molar-refractivity contribution in [2.75, 3.05) is 7.11 Å². The standard InChI is InChI=1S/C16H18O3/c1-12(17)14-8-4-6-10-16(14)19-11-13-7-3-5-9-15(13)18-2/h3-10,12,17H,11H2,1-2H3. The van der Waals surface area contributed by atoms with Crippen LogP contribution in [0.15, 0.2) is 48.5 Å². The van der Waals surface area contributed by atoms with Crippen molar-refractivity contribution >= 4 is 0 Å². The molecule has 1 N–H and O–H groups in total. The number of hydrogen-bond acceptors (Lipinski definition) is 3. The fourth-order valence-corrected chi connectivity index (χ4v) is 1.93. The molecule has 19 heavy (non-hydrogen) atoms. The topological polar surface area (TPSA) is 38.7 Å². The van der Waals surface area contributed by atoms with Crippen molar-refractivity contribution in [3.05, 3.63) is 59.7 Å². The van der Waals surface area contributed by atoms with Crippen LogP contribution in [0.5, 0.6) is 11.5 Å². The Morgan fingerprint density at radius 1 is 1.00 bits per heavy atom. The fraction of sp³-hybridized carbons (Fsp3) is 0.250.